The van der Waals surface area contributed by atoms with Crippen LogP contribution in [-0.4, -0.2) is 29.6 Å². The molecule has 0 N–H and O–H groups in total. The Morgan fingerprint density at radius 3 is 3.20 bits per heavy atom. The fourth-order valence-corrected chi connectivity index (χ4v) is 3.05. The Kier molecular flexibility index (Phi) is 3.12. The minimum atomic E-state index is 0.547. The number of hydrogen-bond donors (Lipinski definition) is 0. The summed E-state index contributed by atoms with van der Waals surface area (Å²) in [5, 5.41) is 9.00. The second-order valence-electron chi connectivity index (χ2n) is 3.63. The summed E-state index contributed by atoms with van der Waals surface area (Å²) in [6.45, 7) is 0. The van der Waals surface area contributed by atoms with Gasteiger partial charge in [0.2, 0.25) is 0 Å². The molecule has 4 heteroatoms. The van der Waals surface area contributed by atoms with Gasteiger partial charge in [-0.1, -0.05) is 0 Å². The van der Waals surface area contributed by atoms with E-state index in [4.69, 9.17) is 5.26 Å². The van der Waals surface area contributed by atoms with Crippen molar-refractivity contribution in [2.75, 3.05) is 23.5 Å². The Labute approximate surface area is 94.1 Å². The van der Waals surface area contributed by atoms with Crippen LogP contribution in [0.4, 0.5) is 5.69 Å². The molecule has 2 heterocycles. The fourth-order valence-electron chi connectivity index (χ4n) is 1.79. The molecule has 1 aromatic rings. The van der Waals surface area contributed by atoms with Gasteiger partial charge in [0.1, 0.15) is 6.07 Å². The Bertz CT molecular complexity index is 380. The molecule has 1 atom stereocenters. The van der Waals surface area contributed by atoms with Gasteiger partial charge in [-0.25, -0.2) is 0 Å². The van der Waals surface area contributed by atoms with E-state index in [-0.39, 0.29) is 0 Å². The molecule has 1 unspecified atom stereocenters. The Morgan fingerprint density at radius 2 is 2.53 bits per heavy atom. The van der Waals surface area contributed by atoms with E-state index in [9.17, 15) is 0 Å². The number of aromatic nitrogens is 1. The predicted molar refractivity (Wildman–Crippen MR) is 63.1 cm³/mol. The van der Waals surface area contributed by atoms with E-state index >= 15 is 0 Å². The molecule has 0 amide bonds. The summed E-state index contributed by atoms with van der Waals surface area (Å²) < 4.78 is 0. The summed E-state index contributed by atoms with van der Waals surface area (Å²) in [6.07, 6.45) is 4.64. The largest absolute Gasteiger partial charge is 0.368 e. The van der Waals surface area contributed by atoms with Crippen molar-refractivity contribution in [1.29, 1.82) is 5.26 Å². The third kappa shape index (κ3) is 2.07. The van der Waals surface area contributed by atoms with Crippen LogP contribution in [0.1, 0.15) is 12.0 Å². The first-order valence-electron chi connectivity index (χ1n) is 4.97. The highest BCUT2D eigenvalue weighted by Crippen LogP contribution is 2.27. The van der Waals surface area contributed by atoms with Gasteiger partial charge >= 0.3 is 0 Å². The quantitative estimate of drug-likeness (QED) is 0.761. The van der Waals surface area contributed by atoms with Crippen molar-refractivity contribution in [1.82, 2.24) is 4.98 Å². The van der Waals surface area contributed by atoms with Crippen LogP contribution < -0.4 is 4.90 Å². The van der Waals surface area contributed by atoms with E-state index in [1.165, 1.54) is 12.2 Å². The maximum absolute atomic E-state index is 9.00. The zero-order chi connectivity index (χ0) is 10.7. The van der Waals surface area contributed by atoms with Crippen molar-refractivity contribution in [3.8, 4) is 6.07 Å². The van der Waals surface area contributed by atoms with Gasteiger partial charge in [-0.15, -0.1) is 0 Å². The van der Waals surface area contributed by atoms with E-state index in [1.54, 1.807) is 18.5 Å². The summed E-state index contributed by atoms with van der Waals surface area (Å²) in [4.78, 5) is 6.27. The van der Waals surface area contributed by atoms with Gasteiger partial charge in [0.05, 0.1) is 17.4 Å². The molecule has 2 rings (SSSR count). The van der Waals surface area contributed by atoms with Crippen molar-refractivity contribution in [2.45, 2.75) is 12.5 Å². The lowest BCUT2D eigenvalue weighted by molar-refractivity contribution is 0.698. The standard InChI is InChI=1S/C11H13N3S/c1-14(10-3-5-15-8-10)11-7-13-4-2-9(11)6-12/h2,4,7,10H,3,5,8H2,1H3. The molecule has 1 aliphatic heterocycles. The summed E-state index contributed by atoms with van der Waals surface area (Å²) >= 11 is 1.97. The summed E-state index contributed by atoms with van der Waals surface area (Å²) in [5.74, 6) is 2.37. The zero-order valence-electron chi connectivity index (χ0n) is 8.68. The third-order valence-corrected chi connectivity index (χ3v) is 3.90. The van der Waals surface area contributed by atoms with Crippen molar-refractivity contribution < 1.29 is 0 Å². The number of anilines is 1. The highest BCUT2D eigenvalue weighted by atomic mass is 32.2. The van der Waals surface area contributed by atoms with Gasteiger partial charge in [-0.2, -0.15) is 17.0 Å². The molecule has 0 spiro atoms. The second-order valence-corrected chi connectivity index (χ2v) is 4.78. The van der Waals surface area contributed by atoms with Crippen molar-refractivity contribution in [2.24, 2.45) is 0 Å². The molecule has 0 saturated carbocycles. The Morgan fingerprint density at radius 1 is 1.67 bits per heavy atom. The molecule has 1 saturated heterocycles. The third-order valence-electron chi connectivity index (χ3n) is 2.75. The minimum absolute atomic E-state index is 0.547. The smallest absolute Gasteiger partial charge is 0.101 e. The van der Waals surface area contributed by atoms with Gasteiger partial charge < -0.3 is 4.90 Å². The lowest BCUT2D eigenvalue weighted by Gasteiger charge is -2.26. The maximum atomic E-state index is 9.00. The van der Waals surface area contributed by atoms with E-state index in [0.29, 0.717) is 11.6 Å². The summed E-state index contributed by atoms with van der Waals surface area (Å²) in [6, 6.07) is 4.53. The van der Waals surface area contributed by atoms with Crippen molar-refractivity contribution in [3.63, 3.8) is 0 Å². The molecular formula is C11H13N3S. The average molecular weight is 219 g/mol. The summed E-state index contributed by atoms with van der Waals surface area (Å²) in [5.41, 5.74) is 1.66. The maximum Gasteiger partial charge on any atom is 0.101 e. The molecule has 0 bridgehead atoms. The number of rotatable bonds is 2. The van der Waals surface area contributed by atoms with E-state index in [2.05, 4.69) is 23.0 Å². The highest BCUT2D eigenvalue weighted by Gasteiger charge is 2.21. The fraction of sp³-hybridized carbons (Fsp3) is 0.455. The molecule has 0 aliphatic carbocycles. The van der Waals surface area contributed by atoms with Gasteiger partial charge in [-0.3, -0.25) is 4.98 Å². The van der Waals surface area contributed by atoms with Crippen LogP contribution in [-0.2, 0) is 0 Å². The number of nitrogens with zero attached hydrogens (tertiary/aromatic N) is 3. The molecule has 3 nitrogen and oxygen atoms in total. The van der Waals surface area contributed by atoms with Crippen LogP contribution in [0.15, 0.2) is 18.5 Å². The monoisotopic (exact) mass is 219 g/mol. The lowest BCUT2D eigenvalue weighted by atomic mass is 10.1. The zero-order valence-corrected chi connectivity index (χ0v) is 9.50. The SMILES string of the molecule is CN(c1cnccc1C#N)C1CCSC1. The first-order chi connectivity index (χ1) is 7.33. The average Bonchev–Trinajstić information content (AvgIpc) is 2.81. The molecule has 0 aromatic carbocycles. The Hall–Kier alpha value is -1.21. The van der Waals surface area contributed by atoms with Gasteiger partial charge in [0.25, 0.3) is 0 Å². The molecule has 1 fully saturated rings. The van der Waals surface area contributed by atoms with Crippen LogP contribution in [0.2, 0.25) is 0 Å². The number of nitriles is 1. The van der Waals surface area contributed by atoms with Gasteiger partial charge in [0.15, 0.2) is 0 Å². The Balaban J connectivity index is 2.24. The first-order valence-corrected chi connectivity index (χ1v) is 6.13. The predicted octanol–water partition coefficient (Wildman–Crippen LogP) is 1.89. The van der Waals surface area contributed by atoms with E-state index in [1.807, 2.05) is 11.8 Å². The summed E-state index contributed by atoms with van der Waals surface area (Å²) in [7, 11) is 2.05. The van der Waals surface area contributed by atoms with Crippen LogP contribution in [0.25, 0.3) is 0 Å². The van der Waals surface area contributed by atoms with Crippen molar-refractivity contribution in [3.05, 3.63) is 24.0 Å². The number of hydrogen-bond acceptors (Lipinski definition) is 4. The van der Waals surface area contributed by atoms with E-state index in [0.717, 1.165) is 11.4 Å². The second kappa shape index (κ2) is 4.54. The minimum Gasteiger partial charge on any atom is -0.368 e. The van der Waals surface area contributed by atoms with Crippen LogP contribution >= 0.6 is 11.8 Å². The van der Waals surface area contributed by atoms with Crippen LogP contribution in [0.5, 0.6) is 0 Å². The topological polar surface area (TPSA) is 39.9 Å². The van der Waals surface area contributed by atoms with Gasteiger partial charge in [0, 0.05) is 25.0 Å². The number of thioether (sulfide) groups is 1. The van der Waals surface area contributed by atoms with Crippen LogP contribution in [0, 0.1) is 11.3 Å². The molecule has 15 heavy (non-hydrogen) atoms. The van der Waals surface area contributed by atoms with Crippen molar-refractivity contribution >= 4 is 17.4 Å². The molecule has 0 radical (unpaired) electrons. The first kappa shape index (κ1) is 10.3. The molecule has 1 aliphatic rings. The molecule has 78 valence electrons. The normalized spacial score (nSPS) is 19.9. The van der Waals surface area contributed by atoms with Gasteiger partial charge in [-0.05, 0) is 18.2 Å². The molecule has 1 aromatic heterocycles. The lowest BCUT2D eigenvalue weighted by Crippen LogP contribution is -2.31. The van der Waals surface area contributed by atoms with Crippen LogP contribution in [0.3, 0.4) is 0 Å². The van der Waals surface area contributed by atoms with E-state index < -0.39 is 0 Å². The molecular weight excluding hydrogens is 206 g/mol. The number of pyridine rings is 1. The highest BCUT2D eigenvalue weighted by molar-refractivity contribution is 7.99.